The predicted octanol–water partition coefficient (Wildman–Crippen LogP) is 2.01. The van der Waals surface area contributed by atoms with Gasteiger partial charge in [-0.2, -0.15) is 0 Å². The SMILES string of the molecule is Nc1ccc(Cl)cc1SCCO. The Morgan fingerprint density at radius 1 is 1.50 bits per heavy atom. The van der Waals surface area contributed by atoms with Gasteiger partial charge in [0.05, 0.1) is 6.61 Å². The largest absolute Gasteiger partial charge is 0.398 e. The summed E-state index contributed by atoms with van der Waals surface area (Å²) in [5, 5.41) is 9.26. The van der Waals surface area contributed by atoms with Gasteiger partial charge in [-0.3, -0.25) is 0 Å². The summed E-state index contributed by atoms with van der Waals surface area (Å²) >= 11 is 7.27. The first-order valence-corrected chi connectivity index (χ1v) is 4.89. The van der Waals surface area contributed by atoms with E-state index in [-0.39, 0.29) is 6.61 Å². The highest BCUT2D eigenvalue weighted by atomic mass is 35.5. The van der Waals surface area contributed by atoms with Crippen molar-refractivity contribution in [3.05, 3.63) is 23.2 Å². The second kappa shape index (κ2) is 4.60. The molecule has 3 N–H and O–H groups in total. The van der Waals surface area contributed by atoms with Gasteiger partial charge in [0.2, 0.25) is 0 Å². The van der Waals surface area contributed by atoms with Gasteiger partial charge in [-0.25, -0.2) is 0 Å². The van der Waals surface area contributed by atoms with Gasteiger partial charge in [0.25, 0.3) is 0 Å². The highest BCUT2D eigenvalue weighted by Crippen LogP contribution is 2.27. The maximum absolute atomic E-state index is 8.59. The van der Waals surface area contributed by atoms with Crippen LogP contribution < -0.4 is 5.73 Å². The summed E-state index contributed by atoms with van der Waals surface area (Å²) in [5.74, 6) is 0.643. The van der Waals surface area contributed by atoms with Crippen LogP contribution in [0.3, 0.4) is 0 Å². The Morgan fingerprint density at radius 2 is 2.25 bits per heavy atom. The van der Waals surface area contributed by atoms with Gasteiger partial charge < -0.3 is 10.8 Å². The van der Waals surface area contributed by atoms with E-state index in [1.54, 1.807) is 18.2 Å². The van der Waals surface area contributed by atoms with Crippen LogP contribution >= 0.6 is 23.4 Å². The molecular weight excluding hydrogens is 194 g/mol. The average molecular weight is 204 g/mol. The highest BCUT2D eigenvalue weighted by Gasteiger charge is 1.99. The number of aliphatic hydroxyl groups excluding tert-OH is 1. The van der Waals surface area contributed by atoms with E-state index in [9.17, 15) is 0 Å². The van der Waals surface area contributed by atoms with Gasteiger partial charge in [-0.15, -0.1) is 11.8 Å². The van der Waals surface area contributed by atoms with Gasteiger partial charge in [0, 0.05) is 21.4 Å². The molecule has 2 nitrogen and oxygen atoms in total. The zero-order valence-electron chi connectivity index (χ0n) is 6.46. The second-order valence-electron chi connectivity index (χ2n) is 2.25. The number of thioether (sulfide) groups is 1. The number of halogens is 1. The molecule has 1 rings (SSSR count). The van der Waals surface area contributed by atoms with Crippen LogP contribution in [-0.4, -0.2) is 17.5 Å². The van der Waals surface area contributed by atoms with Crippen molar-refractivity contribution in [1.29, 1.82) is 0 Å². The lowest BCUT2D eigenvalue weighted by atomic mass is 10.3. The highest BCUT2D eigenvalue weighted by molar-refractivity contribution is 7.99. The number of rotatable bonds is 3. The molecule has 0 aliphatic rings. The molecule has 0 aromatic heterocycles. The maximum Gasteiger partial charge on any atom is 0.0525 e. The Bertz CT molecular complexity index is 267. The maximum atomic E-state index is 8.59. The number of hydrogen-bond acceptors (Lipinski definition) is 3. The summed E-state index contributed by atoms with van der Waals surface area (Å²) in [6.07, 6.45) is 0. The van der Waals surface area contributed by atoms with E-state index in [2.05, 4.69) is 0 Å². The molecular formula is C8H10ClNOS. The molecule has 0 bridgehead atoms. The van der Waals surface area contributed by atoms with Crippen LogP contribution in [0.15, 0.2) is 23.1 Å². The Labute approximate surface area is 80.7 Å². The molecule has 0 amide bonds. The van der Waals surface area contributed by atoms with E-state index < -0.39 is 0 Å². The van der Waals surface area contributed by atoms with E-state index in [0.29, 0.717) is 16.5 Å². The van der Waals surface area contributed by atoms with Crippen molar-refractivity contribution < 1.29 is 5.11 Å². The minimum atomic E-state index is 0.149. The summed E-state index contributed by atoms with van der Waals surface area (Å²) in [5.41, 5.74) is 6.38. The van der Waals surface area contributed by atoms with Gasteiger partial charge in [-0.05, 0) is 18.2 Å². The molecule has 0 fully saturated rings. The average Bonchev–Trinajstić information content (AvgIpc) is 2.07. The molecule has 0 spiro atoms. The summed E-state index contributed by atoms with van der Waals surface area (Å²) in [4.78, 5) is 0.927. The van der Waals surface area contributed by atoms with Crippen LogP contribution in [0, 0.1) is 0 Å². The summed E-state index contributed by atoms with van der Waals surface area (Å²) < 4.78 is 0. The van der Waals surface area contributed by atoms with Crippen molar-refractivity contribution >= 4 is 29.1 Å². The molecule has 0 unspecified atom stereocenters. The van der Waals surface area contributed by atoms with Crippen molar-refractivity contribution in [3.8, 4) is 0 Å². The fourth-order valence-corrected chi connectivity index (χ4v) is 1.78. The number of anilines is 1. The standard InChI is InChI=1S/C8H10ClNOS/c9-6-1-2-7(10)8(5-6)12-4-3-11/h1-2,5,11H,3-4,10H2. The van der Waals surface area contributed by atoms with Crippen molar-refractivity contribution in [3.63, 3.8) is 0 Å². The van der Waals surface area contributed by atoms with Crippen molar-refractivity contribution in [2.75, 3.05) is 18.1 Å². The lowest BCUT2D eigenvalue weighted by Gasteiger charge is -2.03. The van der Waals surface area contributed by atoms with E-state index in [1.165, 1.54) is 11.8 Å². The molecule has 66 valence electrons. The van der Waals surface area contributed by atoms with Gasteiger partial charge in [0.15, 0.2) is 0 Å². The first kappa shape index (κ1) is 9.71. The van der Waals surface area contributed by atoms with Crippen LogP contribution in [0.5, 0.6) is 0 Å². The number of benzene rings is 1. The quantitative estimate of drug-likeness (QED) is 0.584. The molecule has 0 saturated heterocycles. The van der Waals surface area contributed by atoms with Crippen LogP contribution in [-0.2, 0) is 0 Å². The number of aliphatic hydroxyl groups is 1. The van der Waals surface area contributed by atoms with Gasteiger partial charge >= 0.3 is 0 Å². The van der Waals surface area contributed by atoms with Crippen molar-refractivity contribution in [2.24, 2.45) is 0 Å². The van der Waals surface area contributed by atoms with Crippen LogP contribution in [0.25, 0.3) is 0 Å². The third kappa shape index (κ3) is 2.59. The zero-order valence-corrected chi connectivity index (χ0v) is 8.03. The fourth-order valence-electron chi connectivity index (χ4n) is 0.789. The van der Waals surface area contributed by atoms with E-state index in [1.807, 2.05) is 0 Å². The number of nitrogens with two attached hydrogens (primary N) is 1. The molecule has 0 aliphatic heterocycles. The Morgan fingerprint density at radius 3 is 2.92 bits per heavy atom. The lowest BCUT2D eigenvalue weighted by molar-refractivity contribution is 0.322. The van der Waals surface area contributed by atoms with Gasteiger partial charge in [-0.1, -0.05) is 11.6 Å². The third-order valence-corrected chi connectivity index (χ3v) is 2.61. The first-order valence-electron chi connectivity index (χ1n) is 3.52. The van der Waals surface area contributed by atoms with Crippen LogP contribution in [0.2, 0.25) is 5.02 Å². The Hall–Kier alpha value is -0.380. The summed E-state index contributed by atoms with van der Waals surface area (Å²) in [6, 6.07) is 5.32. The zero-order chi connectivity index (χ0) is 8.97. The normalized spacial score (nSPS) is 10.2. The Balaban J connectivity index is 2.75. The molecule has 0 radical (unpaired) electrons. The topological polar surface area (TPSA) is 46.2 Å². The van der Waals surface area contributed by atoms with E-state index in [0.717, 1.165) is 4.90 Å². The van der Waals surface area contributed by atoms with Crippen molar-refractivity contribution in [1.82, 2.24) is 0 Å². The molecule has 4 heteroatoms. The minimum Gasteiger partial charge on any atom is -0.398 e. The van der Waals surface area contributed by atoms with Gasteiger partial charge in [0.1, 0.15) is 0 Å². The molecule has 0 heterocycles. The first-order chi connectivity index (χ1) is 5.74. The Kier molecular flexibility index (Phi) is 3.72. The monoisotopic (exact) mass is 203 g/mol. The van der Waals surface area contributed by atoms with Crippen molar-refractivity contribution in [2.45, 2.75) is 4.90 Å². The molecule has 1 aromatic rings. The fraction of sp³-hybridized carbons (Fsp3) is 0.250. The predicted molar refractivity (Wildman–Crippen MR) is 53.7 cm³/mol. The smallest absolute Gasteiger partial charge is 0.0525 e. The van der Waals surface area contributed by atoms with E-state index >= 15 is 0 Å². The molecule has 0 aliphatic carbocycles. The lowest BCUT2D eigenvalue weighted by Crippen LogP contribution is -1.91. The molecule has 12 heavy (non-hydrogen) atoms. The molecule has 0 saturated carbocycles. The summed E-state index contributed by atoms with van der Waals surface area (Å²) in [7, 11) is 0. The van der Waals surface area contributed by atoms with E-state index in [4.69, 9.17) is 22.4 Å². The summed E-state index contributed by atoms with van der Waals surface area (Å²) in [6.45, 7) is 0.149. The van der Waals surface area contributed by atoms with Crippen LogP contribution in [0.4, 0.5) is 5.69 Å². The number of hydrogen-bond donors (Lipinski definition) is 2. The number of nitrogen functional groups attached to an aromatic ring is 1. The van der Waals surface area contributed by atoms with Crippen LogP contribution in [0.1, 0.15) is 0 Å². The molecule has 1 aromatic carbocycles. The third-order valence-electron chi connectivity index (χ3n) is 1.32. The second-order valence-corrected chi connectivity index (χ2v) is 3.83. The molecule has 0 atom stereocenters. The minimum absolute atomic E-state index is 0.149.